The molecule has 0 aromatic heterocycles. The van der Waals surface area contributed by atoms with Crippen LogP contribution >= 0.6 is 0 Å². The number of nitrogens with zero attached hydrogens (tertiary/aromatic N) is 2. The van der Waals surface area contributed by atoms with Crippen molar-refractivity contribution in [1.29, 1.82) is 0 Å². The highest BCUT2D eigenvalue weighted by Gasteiger charge is 2.40. The van der Waals surface area contributed by atoms with Gasteiger partial charge in [0.05, 0.1) is 12.0 Å². The van der Waals surface area contributed by atoms with Crippen LogP contribution in [-0.2, 0) is 16.6 Å². The molecule has 3 rings (SSSR count). The molecule has 25 heavy (non-hydrogen) atoms. The summed E-state index contributed by atoms with van der Waals surface area (Å²) in [6.07, 6.45) is 1.52. The third-order valence-electron chi connectivity index (χ3n) is 4.10. The predicted octanol–water partition coefficient (Wildman–Crippen LogP) is 2.96. The first kappa shape index (κ1) is 17.4. The molecule has 1 saturated carbocycles. The number of hydrogen-bond acceptors (Lipinski definition) is 5. The Labute approximate surface area is 146 Å². The lowest BCUT2D eigenvalue weighted by Gasteiger charge is -2.22. The van der Waals surface area contributed by atoms with E-state index in [4.69, 9.17) is 4.74 Å². The molecule has 1 aliphatic carbocycles. The van der Waals surface area contributed by atoms with Gasteiger partial charge >= 0.3 is 0 Å². The molecule has 1 aliphatic rings. The Morgan fingerprint density at radius 3 is 2.36 bits per heavy atom. The first-order chi connectivity index (χ1) is 11.9. The molecule has 0 bridgehead atoms. The number of para-hydroxylation sites is 1. The summed E-state index contributed by atoms with van der Waals surface area (Å²) in [5.74, 6) is 0.684. The van der Waals surface area contributed by atoms with Gasteiger partial charge in [0.25, 0.3) is 5.69 Å². The molecule has 0 heterocycles. The van der Waals surface area contributed by atoms with Crippen LogP contribution in [0.1, 0.15) is 18.4 Å². The molecule has 0 spiro atoms. The lowest BCUT2D eigenvalue weighted by Crippen LogP contribution is -2.33. The molecule has 0 radical (unpaired) electrons. The first-order valence-electron chi connectivity index (χ1n) is 7.81. The first-order valence-corrected chi connectivity index (χ1v) is 9.25. The zero-order valence-electron chi connectivity index (χ0n) is 13.7. The van der Waals surface area contributed by atoms with E-state index in [9.17, 15) is 18.5 Å². The number of nitro groups is 1. The average Bonchev–Trinajstić information content (AvgIpc) is 3.44. The minimum Gasteiger partial charge on any atom is -0.497 e. The van der Waals surface area contributed by atoms with Crippen LogP contribution in [0.25, 0.3) is 0 Å². The maximum absolute atomic E-state index is 13.1. The van der Waals surface area contributed by atoms with Gasteiger partial charge in [-0.25, -0.2) is 8.42 Å². The summed E-state index contributed by atoms with van der Waals surface area (Å²) in [4.78, 5) is 10.3. The molecule has 8 heteroatoms. The van der Waals surface area contributed by atoms with E-state index in [0.717, 1.165) is 18.4 Å². The second-order valence-corrected chi connectivity index (χ2v) is 7.71. The van der Waals surface area contributed by atoms with Gasteiger partial charge in [0.1, 0.15) is 5.75 Å². The summed E-state index contributed by atoms with van der Waals surface area (Å²) in [6.45, 7) is 0.170. The number of benzene rings is 2. The van der Waals surface area contributed by atoms with E-state index in [2.05, 4.69) is 0 Å². The number of hydrogen-bond donors (Lipinski definition) is 0. The molecule has 0 atom stereocenters. The molecule has 0 N–H and O–H groups in total. The van der Waals surface area contributed by atoms with E-state index in [1.807, 2.05) is 0 Å². The minimum absolute atomic E-state index is 0.119. The van der Waals surface area contributed by atoms with Gasteiger partial charge in [-0.2, -0.15) is 4.31 Å². The summed E-state index contributed by atoms with van der Waals surface area (Å²) in [6, 6.07) is 12.5. The van der Waals surface area contributed by atoms with Crippen LogP contribution in [0.2, 0.25) is 0 Å². The van der Waals surface area contributed by atoms with Gasteiger partial charge in [-0.3, -0.25) is 10.1 Å². The normalized spacial score (nSPS) is 14.5. The second kappa shape index (κ2) is 6.81. The molecule has 0 saturated heterocycles. The highest BCUT2D eigenvalue weighted by atomic mass is 32.2. The van der Waals surface area contributed by atoms with Gasteiger partial charge in [0.15, 0.2) is 4.90 Å². The van der Waals surface area contributed by atoms with E-state index in [-0.39, 0.29) is 17.5 Å². The Bertz CT molecular complexity index is 876. The van der Waals surface area contributed by atoms with Gasteiger partial charge in [0.2, 0.25) is 10.0 Å². The van der Waals surface area contributed by atoms with Crippen molar-refractivity contribution < 1.29 is 18.1 Å². The third kappa shape index (κ3) is 3.64. The second-order valence-electron chi connectivity index (χ2n) is 5.85. The van der Waals surface area contributed by atoms with Crippen LogP contribution in [0.5, 0.6) is 5.75 Å². The van der Waals surface area contributed by atoms with Crippen molar-refractivity contribution >= 4 is 15.7 Å². The Morgan fingerprint density at radius 2 is 1.80 bits per heavy atom. The van der Waals surface area contributed by atoms with Crippen molar-refractivity contribution in [3.05, 3.63) is 64.2 Å². The van der Waals surface area contributed by atoms with Crippen LogP contribution in [-0.4, -0.2) is 30.8 Å². The molecule has 7 nitrogen and oxygen atoms in total. The fourth-order valence-corrected chi connectivity index (χ4v) is 4.47. The van der Waals surface area contributed by atoms with Gasteiger partial charge in [-0.05, 0) is 36.6 Å². The molecular weight excluding hydrogens is 344 g/mol. The summed E-state index contributed by atoms with van der Waals surface area (Å²) in [5.41, 5.74) is 0.401. The Hall–Kier alpha value is -2.45. The SMILES string of the molecule is COc1ccc(CN(C2CC2)S(=O)(=O)c2ccccc2[N+](=O)[O-])cc1. The van der Waals surface area contributed by atoms with Crippen LogP contribution in [0.3, 0.4) is 0 Å². The van der Waals surface area contributed by atoms with E-state index in [0.29, 0.717) is 5.75 Å². The number of nitro benzene ring substituents is 1. The molecule has 0 unspecified atom stereocenters. The highest BCUT2D eigenvalue weighted by molar-refractivity contribution is 7.89. The molecule has 2 aromatic carbocycles. The smallest absolute Gasteiger partial charge is 0.289 e. The third-order valence-corrected chi connectivity index (χ3v) is 6.05. The molecule has 132 valence electrons. The van der Waals surface area contributed by atoms with E-state index in [1.165, 1.54) is 28.6 Å². The van der Waals surface area contributed by atoms with Gasteiger partial charge < -0.3 is 4.74 Å². The van der Waals surface area contributed by atoms with Crippen molar-refractivity contribution in [3.8, 4) is 5.75 Å². The topological polar surface area (TPSA) is 89.8 Å². The molecule has 0 amide bonds. The fraction of sp³-hybridized carbons (Fsp3) is 0.294. The van der Waals surface area contributed by atoms with Crippen molar-refractivity contribution in [1.82, 2.24) is 4.31 Å². The number of ether oxygens (including phenoxy) is 1. The molecule has 2 aromatic rings. The maximum Gasteiger partial charge on any atom is 0.289 e. The fourth-order valence-electron chi connectivity index (χ4n) is 2.64. The predicted molar refractivity (Wildman–Crippen MR) is 91.8 cm³/mol. The summed E-state index contributed by atoms with van der Waals surface area (Å²) in [7, 11) is -2.41. The molecule has 0 aliphatic heterocycles. The summed E-state index contributed by atoms with van der Waals surface area (Å²) >= 11 is 0. The summed E-state index contributed by atoms with van der Waals surface area (Å²) in [5, 5.41) is 11.2. The van der Waals surface area contributed by atoms with Crippen LogP contribution < -0.4 is 4.74 Å². The van der Waals surface area contributed by atoms with E-state index in [1.54, 1.807) is 31.4 Å². The molecular formula is C17H18N2O5S. The number of sulfonamides is 1. The average molecular weight is 362 g/mol. The lowest BCUT2D eigenvalue weighted by molar-refractivity contribution is -0.387. The van der Waals surface area contributed by atoms with Crippen LogP contribution in [0, 0.1) is 10.1 Å². The Balaban J connectivity index is 1.95. The van der Waals surface area contributed by atoms with Crippen LogP contribution in [0.4, 0.5) is 5.69 Å². The largest absolute Gasteiger partial charge is 0.497 e. The van der Waals surface area contributed by atoms with Crippen molar-refractivity contribution in [3.63, 3.8) is 0 Å². The Morgan fingerprint density at radius 1 is 1.16 bits per heavy atom. The number of methoxy groups -OCH3 is 1. The van der Waals surface area contributed by atoms with Gasteiger partial charge in [-0.15, -0.1) is 0 Å². The van der Waals surface area contributed by atoms with Crippen molar-refractivity contribution in [2.75, 3.05) is 7.11 Å². The van der Waals surface area contributed by atoms with Crippen molar-refractivity contribution in [2.24, 2.45) is 0 Å². The quantitative estimate of drug-likeness (QED) is 0.558. The Kier molecular flexibility index (Phi) is 4.73. The highest BCUT2D eigenvalue weighted by Crippen LogP contribution is 2.36. The van der Waals surface area contributed by atoms with Gasteiger partial charge in [-0.1, -0.05) is 24.3 Å². The van der Waals surface area contributed by atoms with Gasteiger partial charge in [0, 0.05) is 18.7 Å². The van der Waals surface area contributed by atoms with E-state index < -0.39 is 20.6 Å². The zero-order valence-corrected chi connectivity index (χ0v) is 14.5. The van der Waals surface area contributed by atoms with E-state index >= 15 is 0 Å². The van der Waals surface area contributed by atoms with Crippen molar-refractivity contribution in [2.45, 2.75) is 30.3 Å². The standard InChI is InChI=1S/C17H18N2O5S/c1-24-15-10-6-13(7-11-15)12-18(14-8-9-14)25(22,23)17-5-3-2-4-16(17)19(20)21/h2-7,10-11,14H,8-9,12H2,1H3. The monoisotopic (exact) mass is 362 g/mol. The minimum atomic E-state index is -3.97. The maximum atomic E-state index is 13.1. The molecule has 1 fully saturated rings. The summed E-state index contributed by atoms with van der Waals surface area (Å²) < 4.78 is 32.6. The number of rotatable bonds is 7. The zero-order chi connectivity index (χ0) is 18.0. The lowest BCUT2D eigenvalue weighted by atomic mass is 10.2. The van der Waals surface area contributed by atoms with Crippen LogP contribution in [0.15, 0.2) is 53.4 Å².